The predicted octanol–water partition coefficient (Wildman–Crippen LogP) is -2.29. The van der Waals surface area contributed by atoms with Crippen molar-refractivity contribution in [3.63, 3.8) is 0 Å². The minimum atomic E-state index is -0.589. The highest BCUT2D eigenvalue weighted by Gasteiger charge is 2.37. The van der Waals surface area contributed by atoms with Gasteiger partial charge >= 0.3 is 0 Å². The Kier molecular flexibility index (Phi) is 5.58. The van der Waals surface area contributed by atoms with Crippen LogP contribution in [0.4, 0.5) is 11.4 Å². The van der Waals surface area contributed by atoms with Crippen LogP contribution in [0.15, 0.2) is 24.3 Å². The molecule has 0 heterocycles. The van der Waals surface area contributed by atoms with Gasteiger partial charge in [-0.2, -0.15) is 0 Å². The first-order valence-electron chi connectivity index (χ1n) is 9.25. The van der Waals surface area contributed by atoms with Crippen LogP contribution in [0.5, 0.6) is 11.5 Å². The normalized spacial score (nSPS) is 12.1. The van der Waals surface area contributed by atoms with E-state index in [0.717, 1.165) is 0 Å². The Hall–Kier alpha value is -4.08. The van der Waals surface area contributed by atoms with Crippen LogP contribution >= 0.6 is 0 Å². The molecule has 0 saturated heterocycles. The number of benzene rings is 2. The van der Waals surface area contributed by atoms with E-state index in [1.165, 1.54) is 24.3 Å². The van der Waals surface area contributed by atoms with E-state index < -0.39 is 11.6 Å². The van der Waals surface area contributed by atoms with E-state index >= 15 is 0 Å². The number of rotatable bonds is 8. The standard InChI is InChI=1S/C20H22N6O4/c21-13(22)5-7-25-9-1-3-11(27)17-15(9)19(29)18-12(28)4-2-10(16(18)20(17)30)26-8-6-14(23)24/h1-4,25-28H,5-8H2,(H3,21,22)(H3,23,24)/p+2. The van der Waals surface area contributed by atoms with Crippen LogP contribution in [-0.4, -0.2) is 46.5 Å². The molecular formula is C20H24N6O4+2. The monoisotopic (exact) mass is 412 g/mol. The SMILES string of the molecule is NC(=[NH2+])CCNc1ccc(O)c2c1C(=O)c1c(O)ccc(NCCC(N)=[NH2+])c1C2=O. The summed E-state index contributed by atoms with van der Waals surface area (Å²) in [5.74, 6) is -1.42. The van der Waals surface area contributed by atoms with Crippen LogP contribution in [-0.2, 0) is 0 Å². The number of carbonyl (C=O) groups excluding carboxylic acids is 2. The molecule has 3 rings (SSSR count). The van der Waals surface area contributed by atoms with Crippen LogP contribution in [0.2, 0.25) is 0 Å². The molecule has 0 aromatic heterocycles. The third-order valence-corrected chi connectivity index (χ3v) is 4.73. The molecule has 0 amide bonds. The zero-order valence-electron chi connectivity index (χ0n) is 16.2. The molecule has 0 fully saturated rings. The summed E-state index contributed by atoms with van der Waals surface area (Å²) >= 11 is 0. The summed E-state index contributed by atoms with van der Waals surface area (Å²) in [6.45, 7) is 0.636. The van der Waals surface area contributed by atoms with Crippen molar-refractivity contribution in [3.8, 4) is 11.5 Å². The van der Waals surface area contributed by atoms with Gasteiger partial charge in [0.2, 0.25) is 23.2 Å². The van der Waals surface area contributed by atoms with Crippen LogP contribution in [0.1, 0.15) is 44.7 Å². The molecule has 0 atom stereocenters. The number of ketones is 2. The zero-order valence-corrected chi connectivity index (χ0v) is 16.2. The fourth-order valence-electron chi connectivity index (χ4n) is 3.34. The summed E-state index contributed by atoms with van der Waals surface area (Å²) in [7, 11) is 0. The van der Waals surface area contributed by atoms with Crippen LogP contribution in [0.3, 0.4) is 0 Å². The summed E-state index contributed by atoms with van der Waals surface area (Å²) in [6, 6.07) is 5.62. The van der Waals surface area contributed by atoms with Crippen LogP contribution < -0.4 is 32.9 Å². The van der Waals surface area contributed by atoms with Crippen LogP contribution in [0.25, 0.3) is 0 Å². The van der Waals surface area contributed by atoms with E-state index in [-0.39, 0.29) is 45.4 Å². The smallest absolute Gasteiger partial charge is 0.240 e. The molecule has 12 N–H and O–H groups in total. The molecule has 156 valence electrons. The number of aromatic hydroxyl groups is 2. The summed E-state index contributed by atoms with van der Waals surface area (Å²) in [4.78, 5) is 26.6. The van der Waals surface area contributed by atoms with E-state index in [4.69, 9.17) is 22.3 Å². The second-order valence-electron chi connectivity index (χ2n) is 6.93. The molecule has 0 spiro atoms. The Balaban J connectivity index is 2.08. The molecule has 2 aromatic rings. The van der Waals surface area contributed by atoms with Crippen molar-refractivity contribution < 1.29 is 30.6 Å². The molecule has 0 bridgehead atoms. The number of phenolic OH excluding ortho intramolecular Hbond substituents is 2. The number of amidine groups is 2. The van der Waals surface area contributed by atoms with Crippen molar-refractivity contribution in [3.05, 3.63) is 46.5 Å². The van der Waals surface area contributed by atoms with Crippen molar-refractivity contribution in [2.24, 2.45) is 11.5 Å². The lowest BCUT2D eigenvalue weighted by Gasteiger charge is -2.24. The Morgan fingerprint density at radius 2 is 1.10 bits per heavy atom. The summed E-state index contributed by atoms with van der Waals surface area (Å²) < 4.78 is 0. The summed E-state index contributed by atoms with van der Waals surface area (Å²) in [6.07, 6.45) is 0.684. The van der Waals surface area contributed by atoms with E-state index in [1.54, 1.807) is 0 Å². The summed E-state index contributed by atoms with van der Waals surface area (Å²) in [5.41, 5.74) is 11.3. The third kappa shape index (κ3) is 3.75. The maximum Gasteiger partial charge on any atom is 0.240 e. The van der Waals surface area contributed by atoms with Crippen molar-refractivity contribution in [1.29, 1.82) is 0 Å². The lowest BCUT2D eigenvalue weighted by molar-refractivity contribution is -0.118. The highest BCUT2D eigenvalue weighted by Crippen LogP contribution is 2.42. The zero-order chi connectivity index (χ0) is 22.0. The highest BCUT2D eigenvalue weighted by atomic mass is 16.3. The molecule has 30 heavy (non-hydrogen) atoms. The molecule has 0 unspecified atom stereocenters. The maximum absolute atomic E-state index is 13.3. The molecule has 0 saturated carbocycles. The molecular weight excluding hydrogens is 388 g/mol. The second kappa shape index (κ2) is 8.11. The predicted molar refractivity (Wildman–Crippen MR) is 112 cm³/mol. The van der Waals surface area contributed by atoms with E-state index in [9.17, 15) is 19.8 Å². The number of hydrogen-bond acceptors (Lipinski definition) is 6. The molecule has 0 radical (unpaired) electrons. The Morgan fingerprint density at radius 1 is 0.733 bits per heavy atom. The average Bonchev–Trinajstić information content (AvgIpc) is 2.67. The quantitative estimate of drug-likeness (QED) is 0.115. The van der Waals surface area contributed by atoms with Gasteiger partial charge in [-0.05, 0) is 24.3 Å². The number of nitrogens with one attached hydrogen (secondary N) is 2. The maximum atomic E-state index is 13.3. The van der Waals surface area contributed by atoms with Crippen molar-refractivity contribution in [2.75, 3.05) is 23.7 Å². The Labute approximate surface area is 171 Å². The minimum Gasteiger partial charge on any atom is -0.507 e. The van der Waals surface area contributed by atoms with Gasteiger partial charge in [-0.25, -0.2) is 0 Å². The number of phenols is 2. The topological polar surface area (TPSA) is 202 Å². The van der Waals surface area contributed by atoms with E-state index in [1.807, 2.05) is 0 Å². The molecule has 10 nitrogen and oxygen atoms in total. The van der Waals surface area contributed by atoms with Gasteiger partial charge in [-0.15, -0.1) is 0 Å². The number of fused-ring (bicyclic) bond motifs is 2. The lowest BCUT2D eigenvalue weighted by atomic mass is 9.81. The molecule has 1 aliphatic rings. The van der Waals surface area contributed by atoms with Gasteiger partial charge in [0.15, 0.2) is 0 Å². The van der Waals surface area contributed by atoms with Gasteiger partial charge in [0.1, 0.15) is 11.5 Å². The van der Waals surface area contributed by atoms with Gasteiger partial charge in [0, 0.05) is 24.5 Å². The van der Waals surface area contributed by atoms with E-state index in [0.29, 0.717) is 37.3 Å². The van der Waals surface area contributed by atoms with Crippen molar-refractivity contribution in [1.82, 2.24) is 0 Å². The first kappa shape index (κ1) is 20.6. The van der Waals surface area contributed by atoms with Gasteiger partial charge in [0.05, 0.1) is 35.1 Å². The average molecular weight is 412 g/mol. The van der Waals surface area contributed by atoms with Gasteiger partial charge in [0.25, 0.3) is 0 Å². The van der Waals surface area contributed by atoms with Crippen molar-refractivity contribution in [2.45, 2.75) is 12.8 Å². The number of hydrogen-bond donors (Lipinski definition) is 8. The van der Waals surface area contributed by atoms with Gasteiger partial charge < -0.3 is 20.8 Å². The Bertz CT molecular complexity index is 994. The minimum absolute atomic E-state index is 0.0184. The second-order valence-corrected chi connectivity index (χ2v) is 6.93. The first-order valence-corrected chi connectivity index (χ1v) is 9.25. The highest BCUT2D eigenvalue weighted by molar-refractivity contribution is 6.33. The Morgan fingerprint density at radius 3 is 1.43 bits per heavy atom. The fraction of sp³-hybridized carbons (Fsp3) is 0.200. The van der Waals surface area contributed by atoms with E-state index in [2.05, 4.69) is 10.6 Å². The van der Waals surface area contributed by atoms with Gasteiger partial charge in [-0.1, -0.05) is 0 Å². The summed E-state index contributed by atoms with van der Waals surface area (Å²) in [5, 5.41) is 37.6. The molecule has 10 heteroatoms. The third-order valence-electron chi connectivity index (χ3n) is 4.73. The van der Waals surface area contributed by atoms with Crippen molar-refractivity contribution >= 4 is 34.6 Å². The number of anilines is 2. The molecule has 2 aromatic carbocycles. The number of nitrogens with two attached hydrogens (primary N) is 4. The first-order chi connectivity index (χ1) is 14.2. The molecule has 0 aliphatic heterocycles. The largest absolute Gasteiger partial charge is 0.507 e. The lowest BCUT2D eigenvalue weighted by Crippen LogP contribution is -2.46. The van der Waals surface area contributed by atoms with Gasteiger partial charge in [-0.3, -0.25) is 31.9 Å². The number of carbonyl (C=O) groups is 2. The molecule has 1 aliphatic carbocycles. The van der Waals surface area contributed by atoms with Crippen LogP contribution in [0, 0.1) is 0 Å². The fourth-order valence-corrected chi connectivity index (χ4v) is 3.34.